The number of rotatable bonds is 2. The molecular formula is C13H11BrO2. The highest BCUT2D eigenvalue weighted by Crippen LogP contribution is 2.23. The van der Waals surface area contributed by atoms with Crippen LogP contribution < -0.4 is 0 Å². The summed E-state index contributed by atoms with van der Waals surface area (Å²) in [6.07, 6.45) is 0. The second-order valence-electron chi connectivity index (χ2n) is 3.49. The summed E-state index contributed by atoms with van der Waals surface area (Å²) in [6, 6.07) is 11.7. The van der Waals surface area contributed by atoms with Gasteiger partial charge in [-0.05, 0) is 22.4 Å². The molecule has 16 heavy (non-hydrogen) atoms. The van der Waals surface area contributed by atoms with Crippen molar-refractivity contribution in [3.8, 4) is 0 Å². The fourth-order valence-corrected chi connectivity index (χ4v) is 2.05. The summed E-state index contributed by atoms with van der Waals surface area (Å²) in [5.74, 6) is -0.293. The Morgan fingerprint density at radius 1 is 1.31 bits per heavy atom. The number of alkyl halides is 1. The van der Waals surface area contributed by atoms with E-state index >= 15 is 0 Å². The first-order valence-electron chi connectivity index (χ1n) is 4.92. The quantitative estimate of drug-likeness (QED) is 0.621. The fraction of sp³-hybridized carbons (Fsp3) is 0.154. The topological polar surface area (TPSA) is 26.3 Å². The van der Waals surface area contributed by atoms with Gasteiger partial charge in [0.1, 0.15) is 0 Å². The van der Waals surface area contributed by atoms with Gasteiger partial charge in [-0.2, -0.15) is 0 Å². The van der Waals surface area contributed by atoms with E-state index in [1.54, 1.807) is 0 Å². The minimum atomic E-state index is -0.293. The first-order chi connectivity index (χ1) is 7.76. The third kappa shape index (κ3) is 1.95. The van der Waals surface area contributed by atoms with Gasteiger partial charge in [-0.1, -0.05) is 46.3 Å². The number of esters is 1. The molecule has 0 N–H and O–H groups in total. The van der Waals surface area contributed by atoms with E-state index in [1.165, 1.54) is 7.11 Å². The Kier molecular flexibility index (Phi) is 3.25. The Morgan fingerprint density at radius 2 is 2.06 bits per heavy atom. The summed E-state index contributed by atoms with van der Waals surface area (Å²) in [5, 5.41) is 2.71. The second kappa shape index (κ2) is 4.66. The predicted octanol–water partition coefficient (Wildman–Crippen LogP) is 3.52. The number of benzene rings is 2. The monoisotopic (exact) mass is 278 g/mol. The molecule has 2 aromatic carbocycles. The zero-order valence-corrected chi connectivity index (χ0v) is 10.5. The van der Waals surface area contributed by atoms with Crippen molar-refractivity contribution in [2.75, 3.05) is 7.11 Å². The highest BCUT2D eigenvalue weighted by Gasteiger charge is 2.11. The van der Waals surface area contributed by atoms with Gasteiger partial charge in [0, 0.05) is 5.33 Å². The third-order valence-electron chi connectivity index (χ3n) is 2.48. The smallest absolute Gasteiger partial charge is 0.338 e. The lowest BCUT2D eigenvalue weighted by Gasteiger charge is -2.07. The van der Waals surface area contributed by atoms with Gasteiger partial charge in [0.2, 0.25) is 0 Å². The van der Waals surface area contributed by atoms with Crippen molar-refractivity contribution in [3.63, 3.8) is 0 Å². The summed E-state index contributed by atoms with van der Waals surface area (Å²) in [5.41, 5.74) is 1.69. The van der Waals surface area contributed by atoms with E-state index in [9.17, 15) is 4.79 Å². The third-order valence-corrected chi connectivity index (χ3v) is 3.13. The average molecular weight is 279 g/mol. The molecule has 0 unspecified atom stereocenters. The Balaban J connectivity index is 2.73. The molecule has 0 heterocycles. The molecule has 2 rings (SSSR count). The van der Waals surface area contributed by atoms with Crippen molar-refractivity contribution in [1.29, 1.82) is 0 Å². The molecule has 0 aliphatic carbocycles. The first-order valence-corrected chi connectivity index (χ1v) is 6.04. The van der Waals surface area contributed by atoms with Crippen molar-refractivity contribution in [2.45, 2.75) is 5.33 Å². The number of hydrogen-bond donors (Lipinski definition) is 0. The van der Waals surface area contributed by atoms with Crippen LogP contribution in [0.2, 0.25) is 0 Å². The molecule has 0 aliphatic rings. The number of carbonyl (C=O) groups is 1. The Morgan fingerprint density at radius 3 is 2.75 bits per heavy atom. The summed E-state index contributed by atoms with van der Waals surface area (Å²) in [7, 11) is 1.40. The van der Waals surface area contributed by atoms with Crippen LogP contribution in [0.4, 0.5) is 0 Å². The van der Waals surface area contributed by atoms with Gasteiger partial charge in [-0.15, -0.1) is 0 Å². The lowest BCUT2D eigenvalue weighted by molar-refractivity contribution is 0.0603. The Labute approximate surface area is 102 Å². The van der Waals surface area contributed by atoms with Crippen molar-refractivity contribution >= 4 is 32.7 Å². The maximum atomic E-state index is 11.7. The molecule has 0 saturated heterocycles. The number of hydrogen-bond acceptors (Lipinski definition) is 2. The van der Waals surface area contributed by atoms with E-state index in [4.69, 9.17) is 4.74 Å². The van der Waals surface area contributed by atoms with Crippen LogP contribution in [0, 0.1) is 0 Å². The molecule has 3 heteroatoms. The molecule has 0 radical (unpaired) electrons. The van der Waals surface area contributed by atoms with Crippen molar-refractivity contribution in [2.24, 2.45) is 0 Å². The molecular weight excluding hydrogens is 268 g/mol. The zero-order chi connectivity index (χ0) is 11.5. The van der Waals surface area contributed by atoms with Gasteiger partial charge in [0.15, 0.2) is 0 Å². The summed E-state index contributed by atoms with van der Waals surface area (Å²) >= 11 is 3.40. The molecule has 2 aromatic rings. The van der Waals surface area contributed by atoms with E-state index in [0.717, 1.165) is 21.7 Å². The number of fused-ring (bicyclic) bond motifs is 1. The van der Waals surface area contributed by atoms with Crippen LogP contribution in [0.3, 0.4) is 0 Å². The minimum Gasteiger partial charge on any atom is -0.465 e. The zero-order valence-electron chi connectivity index (χ0n) is 8.87. The van der Waals surface area contributed by atoms with Crippen molar-refractivity contribution < 1.29 is 9.53 Å². The number of carbonyl (C=O) groups excluding carboxylic acids is 1. The van der Waals surface area contributed by atoms with Gasteiger partial charge in [-0.25, -0.2) is 4.79 Å². The molecule has 0 spiro atoms. The van der Waals surface area contributed by atoms with E-state index < -0.39 is 0 Å². The predicted molar refractivity (Wildman–Crippen MR) is 67.9 cm³/mol. The SMILES string of the molecule is COC(=O)c1cc(CBr)cc2ccccc12. The summed E-state index contributed by atoms with van der Waals surface area (Å²) in [4.78, 5) is 11.7. The van der Waals surface area contributed by atoms with Crippen LogP contribution in [0.1, 0.15) is 15.9 Å². The molecule has 0 saturated carbocycles. The van der Waals surface area contributed by atoms with Gasteiger partial charge in [0.25, 0.3) is 0 Å². The van der Waals surface area contributed by atoms with Gasteiger partial charge in [-0.3, -0.25) is 0 Å². The molecule has 0 amide bonds. The molecule has 2 nitrogen and oxygen atoms in total. The van der Waals surface area contributed by atoms with Gasteiger partial charge < -0.3 is 4.74 Å². The number of halogens is 1. The molecule has 82 valence electrons. The summed E-state index contributed by atoms with van der Waals surface area (Å²) in [6.45, 7) is 0. The van der Waals surface area contributed by atoms with Crippen molar-refractivity contribution in [3.05, 3.63) is 47.5 Å². The van der Waals surface area contributed by atoms with Crippen LogP contribution in [0.5, 0.6) is 0 Å². The van der Waals surface area contributed by atoms with E-state index in [0.29, 0.717) is 5.56 Å². The van der Waals surface area contributed by atoms with Crippen LogP contribution in [0.15, 0.2) is 36.4 Å². The maximum Gasteiger partial charge on any atom is 0.338 e. The van der Waals surface area contributed by atoms with Crippen LogP contribution in [-0.4, -0.2) is 13.1 Å². The molecule has 0 fully saturated rings. The minimum absolute atomic E-state index is 0.293. The van der Waals surface area contributed by atoms with E-state index in [1.807, 2.05) is 30.3 Å². The Bertz CT molecular complexity index is 534. The van der Waals surface area contributed by atoms with Crippen LogP contribution >= 0.6 is 15.9 Å². The number of ether oxygens (including phenoxy) is 1. The molecule has 0 atom stereocenters. The molecule has 0 aromatic heterocycles. The maximum absolute atomic E-state index is 11.7. The van der Waals surface area contributed by atoms with Crippen LogP contribution in [0.25, 0.3) is 10.8 Å². The standard InChI is InChI=1S/C13H11BrO2/c1-16-13(15)12-7-9(8-14)6-10-4-2-3-5-11(10)12/h2-7H,8H2,1H3. The number of methoxy groups -OCH3 is 1. The summed E-state index contributed by atoms with van der Waals surface area (Å²) < 4.78 is 4.79. The van der Waals surface area contributed by atoms with Crippen molar-refractivity contribution in [1.82, 2.24) is 0 Å². The van der Waals surface area contributed by atoms with E-state index in [-0.39, 0.29) is 5.97 Å². The largest absolute Gasteiger partial charge is 0.465 e. The normalized spacial score (nSPS) is 10.4. The van der Waals surface area contributed by atoms with Crippen LogP contribution in [-0.2, 0) is 10.1 Å². The van der Waals surface area contributed by atoms with E-state index in [2.05, 4.69) is 22.0 Å². The molecule has 0 bridgehead atoms. The fourth-order valence-electron chi connectivity index (χ4n) is 1.73. The highest BCUT2D eigenvalue weighted by molar-refractivity contribution is 9.08. The average Bonchev–Trinajstić information content (AvgIpc) is 2.36. The lowest BCUT2D eigenvalue weighted by atomic mass is 10.0. The Hall–Kier alpha value is -1.35. The molecule has 0 aliphatic heterocycles. The first kappa shape index (κ1) is 11.1. The second-order valence-corrected chi connectivity index (χ2v) is 4.05. The lowest BCUT2D eigenvalue weighted by Crippen LogP contribution is -2.02. The van der Waals surface area contributed by atoms with Gasteiger partial charge in [0.05, 0.1) is 12.7 Å². The van der Waals surface area contributed by atoms with Gasteiger partial charge >= 0.3 is 5.97 Å². The highest BCUT2D eigenvalue weighted by atomic mass is 79.9.